The van der Waals surface area contributed by atoms with E-state index in [1.54, 1.807) is 0 Å². The fraction of sp³-hybridized carbons (Fsp3) is 1.00. The molecule has 2 heteroatoms. The zero-order valence-corrected chi connectivity index (χ0v) is 15.1. The highest BCUT2D eigenvalue weighted by atomic mass is 15.2. The Balaban J connectivity index is 1.75. The molecule has 1 aliphatic heterocycles. The Bertz CT molecular complexity index is 276. The summed E-state index contributed by atoms with van der Waals surface area (Å²) in [6.45, 7) is 15.9. The third kappa shape index (κ3) is 4.96. The van der Waals surface area contributed by atoms with Gasteiger partial charge in [-0.05, 0) is 91.1 Å². The SMILES string of the molecule is CC1CCN(CC2CCC(N(C(C)C)C(C)C)CC2)CC1. The van der Waals surface area contributed by atoms with Gasteiger partial charge in [-0.1, -0.05) is 6.92 Å². The molecule has 0 spiro atoms. The minimum atomic E-state index is 0.690. The molecule has 1 saturated carbocycles. The second-order valence-corrected chi connectivity index (χ2v) is 8.29. The van der Waals surface area contributed by atoms with Crippen molar-refractivity contribution in [2.24, 2.45) is 11.8 Å². The summed E-state index contributed by atoms with van der Waals surface area (Å²) in [5, 5.41) is 0. The number of rotatable bonds is 5. The summed E-state index contributed by atoms with van der Waals surface area (Å²) in [6.07, 6.45) is 8.59. The highest BCUT2D eigenvalue weighted by molar-refractivity contribution is 4.84. The molecule has 21 heavy (non-hydrogen) atoms. The number of nitrogens with zero attached hydrogens (tertiary/aromatic N) is 2. The summed E-state index contributed by atoms with van der Waals surface area (Å²) in [5.74, 6) is 1.93. The molecule has 0 aromatic rings. The maximum atomic E-state index is 2.75. The minimum absolute atomic E-state index is 0.690. The van der Waals surface area contributed by atoms with E-state index in [2.05, 4.69) is 44.4 Å². The summed E-state index contributed by atoms with van der Waals surface area (Å²) in [4.78, 5) is 5.49. The van der Waals surface area contributed by atoms with Gasteiger partial charge in [0.05, 0.1) is 0 Å². The molecular formula is C19H38N2. The minimum Gasteiger partial charge on any atom is -0.303 e. The lowest BCUT2D eigenvalue weighted by molar-refractivity contribution is 0.0639. The van der Waals surface area contributed by atoms with Crippen LogP contribution in [0.3, 0.4) is 0 Å². The van der Waals surface area contributed by atoms with E-state index in [9.17, 15) is 0 Å². The molecule has 0 aromatic heterocycles. The molecule has 2 aliphatic rings. The maximum Gasteiger partial charge on any atom is 0.0101 e. The molecule has 2 rings (SSSR count). The van der Waals surface area contributed by atoms with Gasteiger partial charge in [-0.2, -0.15) is 0 Å². The van der Waals surface area contributed by atoms with Crippen molar-refractivity contribution in [2.45, 2.75) is 91.3 Å². The van der Waals surface area contributed by atoms with E-state index in [0.29, 0.717) is 12.1 Å². The van der Waals surface area contributed by atoms with Crippen LogP contribution in [-0.4, -0.2) is 47.6 Å². The van der Waals surface area contributed by atoms with Gasteiger partial charge in [0.25, 0.3) is 0 Å². The predicted molar refractivity (Wildman–Crippen MR) is 92.7 cm³/mol. The van der Waals surface area contributed by atoms with Gasteiger partial charge in [0.1, 0.15) is 0 Å². The average Bonchev–Trinajstić information content (AvgIpc) is 2.42. The fourth-order valence-electron chi connectivity index (χ4n) is 4.67. The van der Waals surface area contributed by atoms with Crippen molar-refractivity contribution in [1.82, 2.24) is 9.80 Å². The van der Waals surface area contributed by atoms with Crippen LogP contribution < -0.4 is 0 Å². The number of likely N-dealkylation sites (tertiary alicyclic amines) is 1. The summed E-state index contributed by atoms with van der Waals surface area (Å²) >= 11 is 0. The first-order valence-electron chi connectivity index (χ1n) is 9.47. The summed E-state index contributed by atoms with van der Waals surface area (Å²) in [7, 11) is 0. The molecule has 124 valence electrons. The van der Waals surface area contributed by atoms with E-state index >= 15 is 0 Å². The van der Waals surface area contributed by atoms with Gasteiger partial charge >= 0.3 is 0 Å². The average molecular weight is 295 g/mol. The van der Waals surface area contributed by atoms with E-state index in [1.165, 1.54) is 58.2 Å². The van der Waals surface area contributed by atoms with Gasteiger partial charge in [0, 0.05) is 24.7 Å². The molecule has 1 aliphatic carbocycles. The third-order valence-corrected chi connectivity index (χ3v) is 5.82. The fourth-order valence-corrected chi connectivity index (χ4v) is 4.67. The molecule has 0 bridgehead atoms. The molecule has 0 atom stereocenters. The van der Waals surface area contributed by atoms with Gasteiger partial charge in [-0.15, -0.1) is 0 Å². The molecule has 0 aromatic carbocycles. The lowest BCUT2D eigenvalue weighted by Crippen LogP contribution is -2.47. The highest BCUT2D eigenvalue weighted by Gasteiger charge is 2.29. The molecule has 2 nitrogen and oxygen atoms in total. The number of hydrogen-bond acceptors (Lipinski definition) is 2. The molecule has 1 saturated heterocycles. The first-order chi connectivity index (χ1) is 9.97. The van der Waals surface area contributed by atoms with E-state index in [-0.39, 0.29) is 0 Å². The van der Waals surface area contributed by atoms with Crippen LogP contribution in [-0.2, 0) is 0 Å². The van der Waals surface area contributed by atoms with Crippen molar-refractivity contribution in [2.75, 3.05) is 19.6 Å². The normalized spacial score (nSPS) is 29.7. The van der Waals surface area contributed by atoms with Crippen molar-refractivity contribution >= 4 is 0 Å². The highest BCUT2D eigenvalue weighted by Crippen LogP contribution is 2.31. The van der Waals surface area contributed by atoms with E-state index in [0.717, 1.165) is 17.9 Å². The summed E-state index contributed by atoms with van der Waals surface area (Å²) < 4.78 is 0. The van der Waals surface area contributed by atoms with E-state index < -0.39 is 0 Å². The Morgan fingerprint density at radius 1 is 0.857 bits per heavy atom. The second kappa shape index (κ2) is 7.97. The monoisotopic (exact) mass is 294 g/mol. The Kier molecular flexibility index (Phi) is 6.55. The zero-order valence-electron chi connectivity index (χ0n) is 15.1. The quantitative estimate of drug-likeness (QED) is 0.741. The van der Waals surface area contributed by atoms with Crippen LogP contribution in [0.1, 0.15) is 73.1 Å². The van der Waals surface area contributed by atoms with Gasteiger partial charge in [0.2, 0.25) is 0 Å². The van der Waals surface area contributed by atoms with Crippen molar-refractivity contribution in [3.8, 4) is 0 Å². The molecule has 0 amide bonds. The van der Waals surface area contributed by atoms with Crippen LogP contribution in [0.5, 0.6) is 0 Å². The van der Waals surface area contributed by atoms with Crippen LogP contribution in [0.15, 0.2) is 0 Å². The standard InChI is InChI=1S/C19H38N2/c1-15(2)21(16(3)4)19-8-6-18(7-9-19)14-20-12-10-17(5)11-13-20/h15-19H,6-14H2,1-5H3. The lowest BCUT2D eigenvalue weighted by atomic mass is 9.83. The Labute approximate surface area is 133 Å². The van der Waals surface area contributed by atoms with Gasteiger partial charge < -0.3 is 4.90 Å². The third-order valence-electron chi connectivity index (χ3n) is 5.82. The van der Waals surface area contributed by atoms with Crippen LogP contribution in [0.2, 0.25) is 0 Å². The van der Waals surface area contributed by atoms with Gasteiger partial charge in [-0.3, -0.25) is 4.90 Å². The Morgan fingerprint density at radius 2 is 1.38 bits per heavy atom. The molecule has 0 radical (unpaired) electrons. The van der Waals surface area contributed by atoms with E-state index in [1.807, 2.05) is 0 Å². The zero-order chi connectivity index (χ0) is 15.4. The van der Waals surface area contributed by atoms with Crippen LogP contribution in [0.4, 0.5) is 0 Å². The summed E-state index contributed by atoms with van der Waals surface area (Å²) in [6, 6.07) is 2.22. The lowest BCUT2D eigenvalue weighted by Gasteiger charge is -2.43. The number of piperidine rings is 1. The predicted octanol–water partition coefficient (Wildman–Crippen LogP) is 4.40. The van der Waals surface area contributed by atoms with Crippen LogP contribution in [0.25, 0.3) is 0 Å². The van der Waals surface area contributed by atoms with Crippen molar-refractivity contribution in [3.05, 3.63) is 0 Å². The van der Waals surface area contributed by atoms with Gasteiger partial charge in [0.15, 0.2) is 0 Å². The Morgan fingerprint density at radius 3 is 1.86 bits per heavy atom. The molecule has 1 heterocycles. The summed E-state index contributed by atoms with van der Waals surface area (Å²) in [5.41, 5.74) is 0. The number of hydrogen-bond donors (Lipinski definition) is 0. The van der Waals surface area contributed by atoms with Crippen LogP contribution >= 0.6 is 0 Å². The van der Waals surface area contributed by atoms with Crippen molar-refractivity contribution in [1.29, 1.82) is 0 Å². The van der Waals surface area contributed by atoms with Crippen molar-refractivity contribution < 1.29 is 0 Å². The first-order valence-corrected chi connectivity index (χ1v) is 9.47. The molecule has 2 fully saturated rings. The molecular weight excluding hydrogens is 256 g/mol. The largest absolute Gasteiger partial charge is 0.303 e. The van der Waals surface area contributed by atoms with Crippen molar-refractivity contribution in [3.63, 3.8) is 0 Å². The van der Waals surface area contributed by atoms with E-state index in [4.69, 9.17) is 0 Å². The topological polar surface area (TPSA) is 6.48 Å². The maximum absolute atomic E-state index is 2.75. The molecule has 0 unspecified atom stereocenters. The Hall–Kier alpha value is -0.0800. The first kappa shape index (κ1) is 17.3. The van der Waals surface area contributed by atoms with Crippen LogP contribution in [0, 0.1) is 11.8 Å². The molecule has 0 N–H and O–H groups in total. The van der Waals surface area contributed by atoms with Gasteiger partial charge in [-0.25, -0.2) is 0 Å². The second-order valence-electron chi connectivity index (χ2n) is 8.29. The smallest absolute Gasteiger partial charge is 0.0101 e.